The molecule has 0 radical (unpaired) electrons. The van der Waals surface area contributed by atoms with Crippen molar-refractivity contribution >= 4 is 5.69 Å². The number of aryl methyl sites for hydroxylation is 1. The van der Waals surface area contributed by atoms with Crippen LogP contribution in [0.2, 0.25) is 0 Å². The van der Waals surface area contributed by atoms with Gasteiger partial charge in [-0.05, 0) is 43.7 Å². The fraction of sp³-hybridized carbons (Fsp3) is 0.250. The van der Waals surface area contributed by atoms with Crippen molar-refractivity contribution in [3.05, 3.63) is 41.7 Å². The monoisotopic (exact) mass is 217 g/mol. The Balaban J connectivity index is 2.12. The van der Waals surface area contributed by atoms with E-state index >= 15 is 0 Å². The highest BCUT2D eigenvalue weighted by Gasteiger charge is 2.06. The topological polar surface area (TPSA) is 60.9 Å². The van der Waals surface area contributed by atoms with Gasteiger partial charge in [0.2, 0.25) is 0 Å². The van der Waals surface area contributed by atoms with Crippen molar-refractivity contribution in [3.63, 3.8) is 0 Å². The first-order valence-electron chi connectivity index (χ1n) is 5.22. The Morgan fingerprint density at radius 2 is 2.19 bits per heavy atom. The summed E-state index contributed by atoms with van der Waals surface area (Å²) in [5, 5.41) is 19.6. The molecular weight excluding hydrogens is 202 g/mol. The molecular formula is C12H15N3O. The number of nitrogens with zero attached hydrogens (tertiary/aromatic N) is 1. The second-order valence-electron chi connectivity index (χ2n) is 3.88. The number of rotatable bonds is 3. The molecule has 0 aliphatic carbocycles. The van der Waals surface area contributed by atoms with Gasteiger partial charge in [-0.2, -0.15) is 5.10 Å². The van der Waals surface area contributed by atoms with Gasteiger partial charge in [0.1, 0.15) is 5.75 Å². The molecule has 0 saturated heterocycles. The number of hydrogen-bond donors (Lipinski definition) is 3. The second kappa shape index (κ2) is 4.26. The third kappa shape index (κ3) is 2.16. The lowest BCUT2D eigenvalue weighted by molar-refractivity contribution is 0.471. The van der Waals surface area contributed by atoms with Gasteiger partial charge in [0.15, 0.2) is 0 Å². The van der Waals surface area contributed by atoms with Crippen LogP contribution in [0.15, 0.2) is 30.5 Å². The molecule has 4 heteroatoms. The number of aromatic amines is 1. The average molecular weight is 217 g/mol. The highest BCUT2D eigenvalue weighted by Crippen LogP contribution is 2.23. The Bertz CT molecular complexity index is 465. The molecule has 0 saturated carbocycles. The maximum Gasteiger partial charge on any atom is 0.118 e. The molecule has 2 aromatic rings. The zero-order valence-corrected chi connectivity index (χ0v) is 9.36. The molecule has 1 heterocycles. The first-order chi connectivity index (χ1) is 7.66. The van der Waals surface area contributed by atoms with E-state index in [1.807, 2.05) is 25.1 Å². The van der Waals surface area contributed by atoms with Gasteiger partial charge in [-0.3, -0.25) is 5.10 Å². The van der Waals surface area contributed by atoms with Crippen LogP contribution in [0, 0.1) is 6.92 Å². The summed E-state index contributed by atoms with van der Waals surface area (Å²) in [5.41, 5.74) is 2.88. The number of aromatic nitrogens is 2. The SMILES string of the molecule is Cc1cc(NC(C)c2ccn[nH]2)ccc1O. The predicted molar refractivity (Wildman–Crippen MR) is 63.5 cm³/mol. The van der Waals surface area contributed by atoms with E-state index < -0.39 is 0 Å². The van der Waals surface area contributed by atoms with E-state index in [2.05, 4.69) is 22.4 Å². The van der Waals surface area contributed by atoms with Gasteiger partial charge in [0.05, 0.1) is 11.7 Å². The van der Waals surface area contributed by atoms with Gasteiger partial charge in [-0.1, -0.05) is 0 Å². The van der Waals surface area contributed by atoms with Gasteiger partial charge in [0.25, 0.3) is 0 Å². The molecule has 1 atom stereocenters. The molecule has 0 aliphatic rings. The Morgan fingerprint density at radius 1 is 1.38 bits per heavy atom. The number of phenols is 1. The van der Waals surface area contributed by atoms with E-state index in [0.29, 0.717) is 5.75 Å². The molecule has 0 spiro atoms. The van der Waals surface area contributed by atoms with Gasteiger partial charge in [-0.25, -0.2) is 0 Å². The summed E-state index contributed by atoms with van der Waals surface area (Å²) in [6.45, 7) is 3.93. The Morgan fingerprint density at radius 3 is 2.81 bits per heavy atom. The van der Waals surface area contributed by atoms with E-state index in [4.69, 9.17) is 0 Å². The molecule has 1 unspecified atom stereocenters. The van der Waals surface area contributed by atoms with Crippen LogP contribution in [-0.2, 0) is 0 Å². The summed E-state index contributed by atoms with van der Waals surface area (Å²) in [5.74, 6) is 0.319. The van der Waals surface area contributed by atoms with Crippen LogP contribution < -0.4 is 5.32 Å². The molecule has 2 rings (SSSR count). The number of H-pyrrole nitrogens is 1. The smallest absolute Gasteiger partial charge is 0.118 e. The van der Waals surface area contributed by atoms with Crippen molar-refractivity contribution in [2.24, 2.45) is 0 Å². The van der Waals surface area contributed by atoms with Crippen LogP contribution in [0.1, 0.15) is 24.2 Å². The standard InChI is InChI=1S/C12H15N3O/c1-8-7-10(3-4-12(8)16)14-9(2)11-5-6-13-15-11/h3-7,9,14,16H,1-2H3,(H,13,15). The van der Waals surface area contributed by atoms with E-state index in [1.165, 1.54) is 0 Å². The number of benzene rings is 1. The van der Waals surface area contributed by atoms with Crippen molar-refractivity contribution < 1.29 is 5.11 Å². The fourth-order valence-electron chi connectivity index (χ4n) is 1.58. The summed E-state index contributed by atoms with van der Waals surface area (Å²) in [6, 6.07) is 7.56. The maximum atomic E-state index is 9.42. The van der Waals surface area contributed by atoms with E-state index in [0.717, 1.165) is 16.9 Å². The van der Waals surface area contributed by atoms with Gasteiger partial charge >= 0.3 is 0 Å². The number of nitrogens with one attached hydrogen (secondary N) is 2. The Kier molecular flexibility index (Phi) is 2.81. The molecule has 4 nitrogen and oxygen atoms in total. The van der Waals surface area contributed by atoms with Gasteiger partial charge in [-0.15, -0.1) is 0 Å². The van der Waals surface area contributed by atoms with Crippen molar-refractivity contribution in [3.8, 4) is 5.75 Å². The van der Waals surface area contributed by atoms with Crippen molar-refractivity contribution in [1.29, 1.82) is 0 Å². The van der Waals surface area contributed by atoms with Crippen LogP contribution in [0.4, 0.5) is 5.69 Å². The fourth-order valence-corrected chi connectivity index (χ4v) is 1.58. The number of phenolic OH excluding ortho intramolecular Hbond substituents is 1. The second-order valence-corrected chi connectivity index (χ2v) is 3.88. The highest BCUT2D eigenvalue weighted by molar-refractivity contribution is 5.51. The van der Waals surface area contributed by atoms with E-state index in [-0.39, 0.29) is 6.04 Å². The van der Waals surface area contributed by atoms with Crippen LogP contribution in [-0.4, -0.2) is 15.3 Å². The lowest BCUT2D eigenvalue weighted by Crippen LogP contribution is -2.07. The number of aromatic hydroxyl groups is 1. The lowest BCUT2D eigenvalue weighted by atomic mass is 10.1. The summed E-state index contributed by atoms with van der Waals surface area (Å²) < 4.78 is 0. The van der Waals surface area contributed by atoms with Gasteiger partial charge < -0.3 is 10.4 Å². The minimum Gasteiger partial charge on any atom is -0.508 e. The molecule has 0 amide bonds. The summed E-state index contributed by atoms with van der Waals surface area (Å²) in [7, 11) is 0. The minimum absolute atomic E-state index is 0.159. The van der Waals surface area contributed by atoms with Crippen LogP contribution in [0.3, 0.4) is 0 Å². The third-order valence-corrected chi connectivity index (χ3v) is 2.57. The summed E-state index contributed by atoms with van der Waals surface area (Å²) in [6.07, 6.45) is 1.73. The Hall–Kier alpha value is -1.97. The zero-order chi connectivity index (χ0) is 11.5. The van der Waals surface area contributed by atoms with Crippen LogP contribution in [0.5, 0.6) is 5.75 Å². The van der Waals surface area contributed by atoms with Gasteiger partial charge in [0, 0.05) is 11.9 Å². The molecule has 1 aromatic heterocycles. The minimum atomic E-state index is 0.159. The Labute approximate surface area is 94.3 Å². The average Bonchev–Trinajstić information content (AvgIpc) is 2.77. The normalized spacial score (nSPS) is 12.4. The van der Waals surface area contributed by atoms with E-state index in [9.17, 15) is 5.11 Å². The lowest BCUT2D eigenvalue weighted by Gasteiger charge is -2.14. The number of anilines is 1. The predicted octanol–water partition coefficient (Wildman–Crippen LogP) is 2.60. The molecule has 0 fully saturated rings. The molecule has 3 N–H and O–H groups in total. The van der Waals surface area contributed by atoms with Crippen molar-refractivity contribution in [2.45, 2.75) is 19.9 Å². The van der Waals surface area contributed by atoms with Crippen molar-refractivity contribution in [2.75, 3.05) is 5.32 Å². The zero-order valence-electron chi connectivity index (χ0n) is 9.36. The highest BCUT2D eigenvalue weighted by atomic mass is 16.3. The largest absolute Gasteiger partial charge is 0.508 e. The molecule has 84 valence electrons. The molecule has 16 heavy (non-hydrogen) atoms. The van der Waals surface area contributed by atoms with E-state index in [1.54, 1.807) is 12.3 Å². The molecule has 1 aromatic carbocycles. The quantitative estimate of drug-likeness (QED) is 0.692. The summed E-state index contributed by atoms with van der Waals surface area (Å²) >= 11 is 0. The third-order valence-electron chi connectivity index (χ3n) is 2.57. The molecule has 0 aliphatic heterocycles. The van der Waals surface area contributed by atoms with Crippen LogP contribution >= 0.6 is 0 Å². The summed E-state index contributed by atoms with van der Waals surface area (Å²) in [4.78, 5) is 0. The van der Waals surface area contributed by atoms with Crippen LogP contribution in [0.25, 0.3) is 0 Å². The first-order valence-corrected chi connectivity index (χ1v) is 5.22. The maximum absolute atomic E-state index is 9.42. The van der Waals surface area contributed by atoms with Crippen molar-refractivity contribution in [1.82, 2.24) is 10.2 Å². The number of hydrogen-bond acceptors (Lipinski definition) is 3. The molecule has 0 bridgehead atoms. The first kappa shape index (κ1) is 10.5.